The molecule has 12 heteroatoms. The molecule has 0 spiro atoms. The van der Waals surface area contributed by atoms with Crippen molar-refractivity contribution in [3.63, 3.8) is 0 Å². The van der Waals surface area contributed by atoms with Crippen LogP contribution in [0.2, 0.25) is 0 Å². The second-order valence-electron chi connectivity index (χ2n) is 12.1. The number of rotatable bonds is 17. The normalized spacial score (nSPS) is 11.3. The fourth-order valence-electron chi connectivity index (χ4n) is 5.66. The summed E-state index contributed by atoms with van der Waals surface area (Å²) in [7, 11) is 0. The highest BCUT2D eigenvalue weighted by atomic mass is 19.1. The Kier molecular flexibility index (Phi) is 11.3. The molecule has 53 heavy (non-hydrogen) atoms. The molecule has 0 aliphatic heterocycles. The van der Waals surface area contributed by atoms with Crippen LogP contribution < -0.4 is 20.3 Å². The maximum Gasteiger partial charge on any atom is 0.193 e. The summed E-state index contributed by atoms with van der Waals surface area (Å²) in [6.45, 7) is 3.10. The Balaban J connectivity index is 0.753. The molecule has 3 aromatic heterocycles. The van der Waals surface area contributed by atoms with Crippen LogP contribution in [0, 0.1) is 5.82 Å². The van der Waals surface area contributed by atoms with Gasteiger partial charge in [-0.15, -0.1) is 5.10 Å². The third-order valence-corrected chi connectivity index (χ3v) is 8.35. The van der Waals surface area contributed by atoms with Crippen LogP contribution >= 0.6 is 0 Å². The summed E-state index contributed by atoms with van der Waals surface area (Å²) >= 11 is 0. The van der Waals surface area contributed by atoms with Gasteiger partial charge in [0.25, 0.3) is 0 Å². The van der Waals surface area contributed by atoms with Crippen molar-refractivity contribution in [3.8, 4) is 34.1 Å². The highest BCUT2D eigenvalue weighted by Crippen LogP contribution is 2.26. The van der Waals surface area contributed by atoms with E-state index in [0.29, 0.717) is 97.7 Å². The Morgan fingerprint density at radius 3 is 2.11 bits per heavy atom. The molecule has 270 valence electrons. The quantitative estimate of drug-likeness (QED) is 0.0901. The lowest BCUT2D eigenvalue weighted by Crippen LogP contribution is -2.13. The predicted octanol–water partition coefficient (Wildman–Crippen LogP) is 7.09. The zero-order valence-electron chi connectivity index (χ0n) is 28.7. The molecular formula is C41H36FN3O8. The summed E-state index contributed by atoms with van der Waals surface area (Å²) in [6, 6.07) is 28.7. The SMILES string of the molecule is O=c1cc(-c2ccccc2)oc2cc(OCCOCCOCCn3cc(CCCOc4ccc(-c5cc(=O)c6cc(F)ccc6o5)cc4)nn3)ccc12. The molecule has 0 fully saturated rings. The van der Waals surface area contributed by atoms with Crippen molar-refractivity contribution in [2.24, 2.45) is 0 Å². The number of benzene rings is 4. The number of aryl methyl sites for hydroxylation is 1. The molecule has 0 unspecified atom stereocenters. The number of fused-ring (bicyclic) bond motifs is 2. The topological polar surface area (TPSA) is 128 Å². The van der Waals surface area contributed by atoms with E-state index in [-0.39, 0.29) is 16.2 Å². The summed E-state index contributed by atoms with van der Waals surface area (Å²) in [5.74, 6) is 1.71. The zero-order chi connectivity index (χ0) is 36.4. The summed E-state index contributed by atoms with van der Waals surface area (Å²) in [5, 5.41) is 9.12. The third-order valence-electron chi connectivity index (χ3n) is 8.35. The molecule has 0 aliphatic rings. The van der Waals surface area contributed by atoms with Crippen LogP contribution in [0.1, 0.15) is 12.1 Å². The summed E-state index contributed by atoms with van der Waals surface area (Å²) in [6.07, 6.45) is 3.36. The predicted molar refractivity (Wildman–Crippen MR) is 197 cm³/mol. The fourth-order valence-corrected chi connectivity index (χ4v) is 5.66. The maximum atomic E-state index is 13.5. The second-order valence-corrected chi connectivity index (χ2v) is 12.1. The molecule has 0 atom stereocenters. The van der Waals surface area contributed by atoms with Crippen molar-refractivity contribution in [1.82, 2.24) is 15.0 Å². The summed E-state index contributed by atoms with van der Waals surface area (Å²) in [4.78, 5) is 25.0. The average Bonchev–Trinajstić information content (AvgIpc) is 3.64. The lowest BCUT2D eigenvalue weighted by atomic mass is 10.1. The molecule has 0 amide bonds. The number of nitrogens with zero attached hydrogens (tertiary/aromatic N) is 3. The van der Waals surface area contributed by atoms with E-state index >= 15 is 0 Å². The van der Waals surface area contributed by atoms with Crippen LogP contribution in [0.4, 0.5) is 4.39 Å². The van der Waals surface area contributed by atoms with Gasteiger partial charge in [0.15, 0.2) is 10.9 Å². The molecule has 0 aliphatic carbocycles. The van der Waals surface area contributed by atoms with Crippen molar-refractivity contribution >= 4 is 21.9 Å². The molecule has 0 saturated carbocycles. The highest BCUT2D eigenvalue weighted by molar-refractivity contribution is 5.80. The van der Waals surface area contributed by atoms with E-state index in [9.17, 15) is 14.0 Å². The Bertz CT molecular complexity index is 2410. The largest absolute Gasteiger partial charge is 0.494 e. The van der Waals surface area contributed by atoms with Crippen LogP contribution in [0.5, 0.6) is 11.5 Å². The molecule has 0 N–H and O–H groups in total. The van der Waals surface area contributed by atoms with Crippen molar-refractivity contribution in [2.45, 2.75) is 19.4 Å². The molecule has 0 saturated heterocycles. The summed E-state index contributed by atoms with van der Waals surface area (Å²) in [5.41, 5.74) is 2.81. The number of hydrogen-bond donors (Lipinski definition) is 0. The molecule has 7 rings (SSSR count). The average molecular weight is 718 g/mol. The van der Waals surface area contributed by atoms with Crippen molar-refractivity contribution in [1.29, 1.82) is 0 Å². The lowest BCUT2D eigenvalue weighted by Gasteiger charge is -2.09. The van der Waals surface area contributed by atoms with Crippen LogP contribution in [0.15, 0.2) is 128 Å². The Labute approximate surface area is 303 Å². The number of aromatic nitrogens is 3. The molecule has 4 aromatic carbocycles. The molecule has 3 heterocycles. The maximum absolute atomic E-state index is 13.5. The molecule has 0 bridgehead atoms. The van der Waals surface area contributed by atoms with Gasteiger partial charge < -0.3 is 27.8 Å². The smallest absolute Gasteiger partial charge is 0.193 e. The van der Waals surface area contributed by atoms with Crippen LogP contribution in [-0.2, 0) is 22.4 Å². The van der Waals surface area contributed by atoms with Crippen LogP contribution in [0.3, 0.4) is 0 Å². The Morgan fingerprint density at radius 1 is 0.623 bits per heavy atom. The van der Waals surface area contributed by atoms with Crippen molar-refractivity contribution in [3.05, 3.63) is 141 Å². The number of halogens is 1. The first-order valence-corrected chi connectivity index (χ1v) is 17.3. The van der Waals surface area contributed by atoms with E-state index in [2.05, 4.69) is 10.3 Å². The van der Waals surface area contributed by atoms with Crippen LogP contribution in [0.25, 0.3) is 44.6 Å². The molecule has 11 nitrogen and oxygen atoms in total. The van der Waals surface area contributed by atoms with Crippen molar-refractivity contribution in [2.75, 3.05) is 39.6 Å². The Morgan fingerprint density at radius 2 is 1.30 bits per heavy atom. The standard InChI is InChI=1S/C41H36FN3O8/c42-30-10-15-38-35(23-30)37(47)26-40(52-38)29-8-11-32(12-9-29)50-17-4-7-31-27-45(44-43-31)16-18-48-19-20-49-21-22-51-33-13-14-34-36(46)25-39(53-41(34)24-33)28-5-2-1-3-6-28/h1-3,5-6,8-15,23-27H,4,7,16-22H2. The van der Waals surface area contributed by atoms with Gasteiger partial charge in [0.2, 0.25) is 0 Å². The van der Waals surface area contributed by atoms with E-state index in [1.807, 2.05) is 60.8 Å². The molecule has 7 aromatic rings. The minimum Gasteiger partial charge on any atom is -0.494 e. The van der Waals surface area contributed by atoms with Gasteiger partial charge in [-0.25, -0.2) is 9.07 Å². The van der Waals surface area contributed by atoms with Gasteiger partial charge in [-0.2, -0.15) is 0 Å². The third kappa shape index (κ3) is 9.23. The first-order chi connectivity index (χ1) is 26.0. The summed E-state index contributed by atoms with van der Waals surface area (Å²) < 4.78 is 50.0. The Hall–Kier alpha value is -6.11. The van der Waals surface area contributed by atoms with E-state index in [0.717, 1.165) is 17.7 Å². The lowest BCUT2D eigenvalue weighted by molar-refractivity contribution is 0.0333. The van der Waals surface area contributed by atoms with Gasteiger partial charge in [0.05, 0.1) is 56.0 Å². The van der Waals surface area contributed by atoms with Gasteiger partial charge >= 0.3 is 0 Å². The van der Waals surface area contributed by atoms with Gasteiger partial charge in [-0.3, -0.25) is 9.59 Å². The van der Waals surface area contributed by atoms with Crippen LogP contribution in [-0.4, -0.2) is 54.6 Å². The molecular weight excluding hydrogens is 681 g/mol. The van der Waals surface area contributed by atoms with Crippen molar-refractivity contribution < 1.29 is 32.2 Å². The minimum absolute atomic E-state index is 0.105. The first-order valence-electron chi connectivity index (χ1n) is 17.3. The monoisotopic (exact) mass is 717 g/mol. The van der Waals surface area contributed by atoms with E-state index in [4.69, 9.17) is 27.8 Å². The van der Waals surface area contributed by atoms with Gasteiger partial charge in [-0.05, 0) is 67.4 Å². The highest BCUT2D eigenvalue weighted by Gasteiger charge is 2.10. The van der Waals surface area contributed by atoms with Gasteiger partial charge in [0.1, 0.15) is 46.6 Å². The second kappa shape index (κ2) is 16.9. The van der Waals surface area contributed by atoms with E-state index < -0.39 is 5.82 Å². The fraction of sp³-hybridized carbons (Fsp3) is 0.220. The first kappa shape index (κ1) is 35.3. The van der Waals surface area contributed by atoms with Gasteiger partial charge in [-0.1, -0.05) is 35.5 Å². The van der Waals surface area contributed by atoms with E-state index in [1.54, 1.807) is 22.9 Å². The van der Waals surface area contributed by atoms with E-state index in [1.165, 1.54) is 30.3 Å². The minimum atomic E-state index is -0.482. The zero-order valence-corrected chi connectivity index (χ0v) is 28.7. The number of ether oxygens (including phenoxy) is 4. The number of hydrogen-bond acceptors (Lipinski definition) is 10. The molecule has 0 radical (unpaired) electrons. The van der Waals surface area contributed by atoms with Gasteiger partial charge in [0, 0.05) is 35.5 Å².